The minimum absolute atomic E-state index is 0.131. The van der Waals surface area contributed by atoms with Crippen molar-refractivity contribution in [1.29, 1.82) is 0 Å². The highest BCUT2D eigenvalue weighted by Crippen LogP contribution is 2.29. The Kier molecular flexibility index (Phi) is 2.17. The van der Waals surface area contributed by atoms with Crippen molar-refractivity contribution < 1.29 is 14.6 Å². The van der Waals surface area contributed by atoms with Crippen LogP contribution in [0.15, 0.2) is 0 Å². The van der Waals surface area contributed by atoms with Gasteiger partial charge in [0, 0.05) is 5.56 Å². The number of fused-ring (bicyclic) bond motifs is 1. The van der Waals surface area contributed by atoms with E-state index in [1.165, 1.54) is 0 Å². The smallest absolute Gasteiger partial charge is 0.337 e. The van der Waals surface area contributed by atoms with Crippen molar-refractivity contribution in [3.8, 4) is 0 Å². The van der Waals surface area contributed by atoms with Gasteiger partial charge in [0.05, 0.1) is 35.2 Å². The summed E-state index contributed by atoms with van der Waals surface area (Å²) in [6, 6.07) is 0. The molecule has 1 N–H and O–H groups in total. The molecule has 1 aromatic rings. The van der Waals surface area contributed by atoms with Crippen molar-refractivity contribution in [1.82, 2.24) is 4.98 Å². The van der Waals surface area contributed by atoms with E-state index in [4.69, 9.17) is 21.4 Å². The number of aryl methyl sites for hydroxylation is 1. The summed E-state index contributed by atoms with van der Waals surface area (Å²) in [6.07, 6.45) is 0. The summed E-state index contributed by atoms with van der Waals surface area (Å²) >= 11 is 5.87. The Morgan fingerprint density at radius 3 is 2.93 bits per heavy atom. The molecule has 0 fully saturated rings. The second-order valence-corrected chi connectivity index (χ2v) is 3.49. The molecule has 0 aliphatic carbocycles. The molecule has 5 heteroatoms. The lowest BCUT2D eigenvalue weighted by Gasteiger charge is -2.06. The monoisotopic (exact) mass is 213 g/mol. The van der Waals surface area contributed by atoms with Crippen molar-refractivity contribution in [3.05, 3.63) is 27.5 Å². The van der Waals surface area contributed by atoms with Gasteiger partial charge in [0.15, 0.2) is 0 Å². The summed E-state index contributed by atoms with van der Waals surface area (Å²) in [4.78, 5) is 15.1. The summed E-state index contributed by atoms with van der Waals surface area (Å²) in [7, 11) is 0. The molecule has 0 saturated heterocycles. The number of nitrogens with zero attached hydrogens (tertiary/aromatic N) is 1. The number of aromatic carboxylic acids is 1. The van der Waals surface area contributed by atoms with Crippen molar-refractivity contribution in [2.45, 2.75) is 20.1 Å². The SMILES string of the molecule is Cc1nc2c(c(C(=O)O)c1Cl)COC2. The molecule has 0 saturated carbocycles. The quantitative estimate of drug-likeness (QED) is 0.773. The van der Waals surface area contributed by atoms with Crippen LogP contribution in [0.5, 0.6) is 0 Å². The van der Waals surface area contributed by atoms with Crippen molar-refractivity contribution in [2.24, 2.45) is 0 Å². The van der Waals surface area contributed by atoms with E-state index in [9.17, 15) is 4.79 Å². The molecule has 1 aliphatic heterocycles. The summed E-state index contributed by atoms with van der Waals surface area (Å²) in [5.41, 5.74) is 1.96. The molecule has 14 heavy (non-hydrogen) atoms. The van der Waals surface area contributed by atoms with Crippen LogP contribution in [0.3, 0.4) is 0 Å². The number of pyridine rings is 1. The molecular weight excluding hydrogens is 206 g/mol. The lowest BCUT2D eigenvalue weighted by atomic mass is 10.1. The first-order valence-corrected chi connectivity index (χ1v) is 4.48. The zero-order valence-corrected chi connectivity index (χ0v) is 8.26. The van der Waals surface area contributed by atoms with Gasteiger partial charge in [0.25, 0.3) is 0 Å². The standard InChI is InChI=1S/C9H8ClNO3/c1-4-8(10)7(9(12)13)5-2-14-3-6(5)11-4/h2-3H2,1H3,(H,12,13). The number of ether oxygens (including phenoxy) is 1. The maximum atomic E-state index is 11.0. The number of hydrogen-bond acceptors (Lipinski definition) is 3. The molecular formula is C9H8ClNO3. The van der Waals surface area contributed by atoms with Crippen LogP contribution >= 0.6 is 11.6 Å². The average Bonchev–Trinajstić information content (AvgIpc) is 2.52. The molecule has 0 bridgehead atoms. The largest absolute Gasteiger partial charge is 0.478 e. The fourth-order valence-corrected chi connectivity index (χ4v) is 1.76. The lowest BCUT2D eigenvalue weighted by molar-refractivity contribution is 0.0692. The highest BCUT2D eigenvalue weighted by molar-refractivity contribution is 6.34. The second kappa shape index (κ2) is 3.22. The van der Waals surface area contributed by atoms with Crippen LogP contribution in [0, 0.1) is 6.92 Å². The third-order valence-corrected chi connectivity index (χ3v) is 2.65. The van der Waals surface area contributed by atoms with E-state index < -0.39 is 5.97 Å². The Morgan fingerprint density at radius 2 is 2.29 bits per heavy atom. The van der Waals surface area contributed by atoms with Gasteiger partial charge in [0.1, 0.15) is 0 Å². The minimum Gasteiger partial charge on any atom is -0.478 e. The number of hydrogen-bond donors (Lipinski definition) is 1. The Labute approximate surface area is 85.5 Å². The summed E-state index contributed by atoms with van der Waals surface area (Å²) < 4.78 is 5.13. The molecule has 0 atom stereocenters. The van der Waals surface area contributed by atoms with E-state index in [2.05, 4.69) is 4.98 Å². The van der Waals surface area contributed by atoms with Gasteiger partial charge in [-0.25, -0.2) is 4.79 Å². The van der Waals surface area contributed by atoms with Crippen LogP contribution in [0.4, 0.5) is 0 Å². The zero-order chi connectivity index (χ0) is 10.3. The van der Waals surface area contributed by atoms with Crippen LogP contribution in [-0.2, 0) is 18.0 Å². The first kappa shape index (κ1) is 9.43. The Balaban J connectivity index is 2.72. The molecule has 0 amide bonds. The number of carboxylic acids is 1. The van der Waals surface area contributed by atoms with Gasteiger partial charge in [-0.05, 0) is 6.92 Å². The maximum absolute atomic E-state index is 11.0. The third-order valence-electron chi connectivity index (χ3n) is 2.19. The first-order valence-electron chi connectivity index (χ1n) is 4.10. The van der Waals surface area contributed by atoms with E-state index in [1.54, 1.807) is 6.92 Å². The molecule has 1 aliphatic rings. The predicted molar refractivity (Wildman–Crippen MR) is 49.4 cm³/mol. The van der Waals surface area contributed by atoms with Gasteiger partial charge in [-0.1, -0.05) is 11.6 Å². The molecule has 2 heterocycles. The molecule has 0 aromatic carbocycles. The van der Waals surface area contributed by atoms with Crippen LogP contribution in [0.1, 0.15) is 27.3 Å². The summed E-state index contributed by atoms with van der Waals surface area (Å²) in [5, 5.41) is 9.20. The van der Waals surface area contributed by atoms with E-state index in [0.29, 0.717) is 23.6 Å². The number of aromatic nitrogens is 1. The minimum atomic E-state index is -1.03. The Hall–Kier alpha value is -1.13. The normalized spacial score (nSPS) is 14.1. The molecule has 2 rings (SSSR count). The van der Waals surface area contributed by atoms with Crippen LogP contribution < -0.4 is 0 Å². The Morgan fingerprint density at radius 1 is 1.57 bits per heavy atom. The van der Waals surface area contributed by atoms with Gasteiger partial charge in [-0.3, -0.25) is 4.98 Å². The van der Waals surface area contributed by atoms with Gasteiger partial charge < -0.3 is 9.84 Å². The van der Waals surface area contributed by atoms with Crippen LogP contribution in [-0.4, -0.2) is 16.1 Å². The fourth-order valence-electron chi connectivity index (χ4n) is 1.52. The predicted octanol–water partition coefficient (Wildman–Crippen LogP) is 1.77. The van der Waals surface area contributed by atoms with Crippen LogP contribution in [0.2, 0.25) is 5.02 Å². The zero-order valence-electron chi connectivity index (χ0n) is 7.50. The second-order valence-electron chi connectivity index (χ2n) is 3.11. The number of carboxylic acid groups (broad SMARTS) is 1. The van der Waals surface area contributed by atoms with Gasteiger partial charge in [0.2, 0.25) is 0 Å². The maximum Gasteiger partial charge on any atom is 0.337 e. The van der Waals surface area contributed by atoms with E-state index in [-0.39, 0.29) is 17.2 Å². The summed E-state index contributed by atoms with van der Waals surface area (Å²) in [5.74, 6) is -1.03. The number of carbonyl (C=O) groups is 1. The molecule has 0 unspecified atom stereocenters. The number of halogens is 1. The summed E-state index contributed by atoms with van der Waals surface area (Å²) in [6.45, 7) is 2.34. The van der Waals surface area contributed by atoms with Crippen molar-refractivity contribution in [3.63, 3.8) is 0 Å². The van der Waals surface area contributed by atoms with E-state index in [1.807, 2.05) is 0 Å². The molecule has 0 spiro atoms. The first-order chi connectivity index (χ1) is 6.61. The average molecular weight is 214 g/mol. The fraction of sp³-hybridized carbons (Fsp3) is 0.333. The molecule has 74 valence electrons. The third kappa shape index (κ3) is 1.27. The number of rotatable bonds is 1. The van der Waals surface area contributed by atoms with E-state index >= 15 is 0 Å². The van der Waals surface area contributed by atoms with Gasteiger partial charge in [-0.15, -0.1) is 0 Å². The van der Waals surface area contributed by atoms with Gasteiger partial charge >= 0.3 is 5.97 Å². The topological polar surface area (TPSA) is 59.4 Å². The Bertz CT molecular complexity index is 417. The van der Waals surface area contributed by atoms with Gasteiger partial charge in [-0.2, -0.15) is 0 Å². The van der Waals surface area contributed by atoms with E-state index in [0.717, 1.165) is 0 Å². The van der Waals surface area contributed by atoms with Crippen molar-refractivity contribution in [2.75, 3.05) is 0 Å². The lowest BCUT2D eigenvalue weighted by Crippen LogP contribution is -2.06. The van der Waals surface area contributed by atoms with Crippen molar-refractivity contribution >= 4 is 17.6 Å². The highest BCUT2D eigenvalue weighted by atomic mass is 35.5. The molecule has 0 radical (unpaired) electrons. The molecule has 4 nitrogen and oxygen atoms in total. The molecule has 1 aromatic heterocycles. The van der Waals surface area contributed by atoms with Crippen LogP contribution in [0.25, 0.3) is 0 Å². The highest BCUT2D eigenvalue weighted by Gasteiger charge is 2.25.